The molecule has 0 saturated heterocycles. The fraction of sp³-hybridized carbons (Fsp3) is 0.650. The Morgan fingerprint density at radius 1 is 1.29 bits per heavy atom. The summed E-state index contributed by atoms with van der Waals surface area (Å²) in [5, 5.41) is 20.9. The normalized spacial score (nSPS) is 13.1. The van der Waals surface area contributed by atoms with E-state index in [-0.39, 0.29) is 0 Å². The minimum Gasteiger partial charge on any atom is -0.357 e. The number of nitrogens with one attached hydrogen (secondary N) is 2. The van der Waals surface area contributed by atoms with Gasteiger partial charge in [0.25, 0.3) is 0 Å². The molecular weight excluding hydrogens is 388 g/mol. The van der Waals surface area contributed by atoms with Crippen molar-refractivity contribution in [3.8, 4) is 0 Å². The van der Waals surface area contributed by atoms with Crippen molar-refractivity contribution in [3.05, 3.63) is 28.2 Å². The lowest BCUT2D eigenvalue weighted by Gasteiger charge is -2.14. The van der Waals surface area contributed by atoms with E-state index in [1.165, 1.54) is 5.56 Å². The average molecular weight is 423 g/mol. The lowest BCUT2D eigenvalue weighted by atomic mass is 10.1. The molecule has 2 aromatic rings. The second-order valence-electron chi connectivity index (χ2n) is 7.32. The second-order valence-corrected chi connectivity index (χ2v) is 8.87. The van der Waals surface area contributed by atoms with Crippen molar-refractivity contribution < 1.29 is 0 Å². The van der Waals surface area contributed by atoms with Crippen LogP contribution in [-0.2, 0) is 13.0 Å². The van der Waals surface area contributed by atoms with Crippen LogP contribution in [0, 0.1) is 5.92 Å². The molecule has 28 heavy (non-hydrogen) atoms. The van der Waals surface area contributed by atoms with Crippen molar-refractivity contribution in [2.45, 2.75) is 58.2 Å². The van der Waals surface area contributed by atoms with Gasteiger partial charge in [-0.1, -0.05) is 32.5 Å². The summed E-state index contributed by atoms with van der Waals surface area (Å²) in [6.45, 7) is 12.2. The van der Waals surface area contributed by atoms with Gasteiger partial charge >= 0.3 is 0 Å². The number of rotatable bonds is 11. The van der Waals surface area contributed by atoms with Crippen LogP contribution >= 0.6 is 23.1 Å². The number of aromatic nitrogens is 3. The highest BCUT2D eigenvalue weighted by Gasteiger charge is 2.12. The number of aliphatic imine (C=N–C) groups is 1. The minimum absolute atomic E-state index is 0.432. The maximum atomic E-state index is 4.75. The number of aryl methyl sites for hydroxylation is 1. The molecule has 1 atom stereocenters. The van der Waals surface area contributed by atoms with E-state index in [0.29, 0.717) is 11.8 Å². The van der Waals surface area contributed by atoms with E-state index in [0.717, 1.165) is 56.0 Å². The largest absolute Gasteiger partial charge is 0.357 e. The molecule has 8 heteroatoms. The number of thiophene rings is 1. The smallest absolute Gasteiger partial charge is 0.191 e. The number of hydrogen-bond donors (Lipinski definition) is 2. The maximum absolute atomic E-state index is 4.75. The Balaban J connectivity index is 1.84. The van der Waals surface area contributed by atoms with Crippen molar-refractivity contribution in [2.24, 2.45) is 10.9 Å². The van der Waals surface area contributed by atoms with Crippen molar-refractivity contribution in [1.29, 1.82) is 0 Å². The first-order valence-corrected chi connectivity index (χ1v) is 12.2. The summed E-state index contributed by atoms with van der Waals surface area (Å²) in [4.78, 5) is 4.75. The van der Waals surface area contributed by atoms with Crippen LogP contribution in [-0.4, -0.2) is 46.6 Å². The summed E-state index contributed by atoms with van der Waals surface area (Å²) in [7, 11) is 0. The van der Waals surface area contributed by atoms with Crippen LogP contribution in [0.15, 0.2) is 27.0 Å². The summed E-state index contributed by atoms with van der Waals surface area (Å²) in [6.07, 6.45) is 3.97. The molecule has 2 heterocycles. The lowest BCUT2D eigenvalue weighted by Crippen LogP contribution is -2.38. The van der Waals surface area contributed by atoms with Gasteiger partial charge < -0.3 is 15.2 Å². The SMILES string of the molecule is CCNC(=NCC(C)c1ccsc1)NCCCc1nnc(SC)n1CC(C)C. The van der Waals surface area contributed by atoms with Gasteiger partial charge in [0.1, 0.15) is 5.82 Å². The van der Waals surface area contributed by atoms with E-state index < -0.39 is 0 Å². The van der Waals surface area contributed by atoms with Crippen LogP contribution in [0.2, 0.25) is 0 Å². The molecule has 0 radical (unpaired) electrons. The molecule has 0 bridgehead atoms. The van der Waals surface area contributed by atoms with Crippen molar-refractivity contribution in [3.63, 3.8) is 0 Å². The van der Waals surface area contributed by atoms with Crippen LogP contribution in [0.3, 0.4) is 0 Å². The third-order valence-corrected chi connectivity index (χ3v) is 5.74. The first kappa shape index (κ1) is 22.7. The average Bonchev–Trinajstić information content (AvgIpc) is 3.33. The first-order chi connectivity index (χ1) is 13.5. The van der Waals surface area contributed by atoms with Crippen molar-refractivity contribution in [1.82, 2.24) is 25.4 Å². The molecule has 0 fully saturated rings. The van der Waals surface area contributed by atoms with E-state index >= 15 is 0 Å². The zero-order valence-corrected chi connectivity index (χ0v) is 19.4. The Morgan fingerprint density at radius 3 is 2.75 bits per heavy atom. The highest BCUT2D eigenvalue weighted by atomic mass is 32.2. The molecule has 2 N–H and O–H groups in total. The zero-order valence-electron chi connectivity index (χ0n) is 17.7. The van der Waals surface area contributed by atoms with Gasteiger partial charge in [-0.05, 0) is 47.9 Å². The Labute approximate surface area is 177 Å². The summed E-state index contributed by atoms with van der Waals surface area (Å²) in [5.41, 5.74) is 1.36. The molecule has 0 aliphatic rings. The first-order valence-electron chi connectivity index (χ1n) is 10.0. The Hall–Kier alpha value is -1.54. The summed E-state index contributed by atoms with van der Waals surface area (Å²) in [5.74, 6) is 2.98. The quantitative estimate of drug-likeness (QED) is 0.248. The van der Waals surface area contributed by atoms with Gasteiger partial charge in [0.15, 0.2) is 11.1 Å². The summed E-state index contributed by atoms with van der Waals surface area (Å²) in [6, 6.07) is 2.18. The summed E-state index contributed by atoms with van der Waals surface area (Å²) < 4.78 is 2.26. The molecule has 2 rings (SSSR count). The standard InChI is InChI=1S/C20H34N6S2/c1-6-21-19(23-12-16(4)17-9-11-28-14-17)22-10-7-8-18-24-25-20(27-5)26(18)13-15(2)3/h9,11,14-16H,6-8,10,12-13H2,1-5H3,(H2,21,22,23). The van der Waals surface area contributed by atoms with E-state index in [1.807, 2.05) is 0 Å². The Bertz CT molecular complexity index is 708. The highest BCUT2D eigenvalue weighted by molar-refractivity contribution is 7.98. The number of thioether (sulfide) groups is 1. The molecule has 0 aliphatic heterocycles. The number of nitrogens with zero attached hydrogens (tertiary/aromatic N) is 4. The molecule has 0 spiro atoms. The van der Waals surface area contributed by atoms with E-state index in [1.54, 1.807) is 23.1 Å². The molecule has 1 unspecified atom stereocenters. The van der Waals surface area contributed by atoms with Crippen LogP contribution in [0.4, 0.5) is 0 Å². The predicted molar refractivity (Wildman–Crippen MR) is 122 cm³/mol. The molecule has 2 aromatic heterocycles. The Morgan fingerprint density at radius 2 is 2.11 bits per heavy atom. The van der Waals surface area contributed by atoms with Crippen molar-refractivity contribution in [2.75, 3.05) is 25.9 Å². The second kappa shape index (κ2) is 12.1. The van der Waals surface area contributed by atoms with Crippen LogP contribution < -0.4 is 10.6 Å². The van der Waals surface area contributed by atoms with Gasteiger partial charge in [0.2, 0.25) is 0 Å². The van der Waals surface area contributed by atoms with Crippen molar-refractivity contribution >= 4 is 29.1 Å². The van der Waals surface area contributed by atoms with Gasteiger partial charge in [0.05, 0.1) is 0 Å². The predicted octanol–water partition coefficient (Wildman–Crippen LogP) is 4.01. The zero-order chi connectivity index (χ0) is 20.4. The van der Waals surface area contributed by atoms with Crippen LogP contribution in [0.1, 0.15) is 51.4 Å². The van der Waals surface area contributed by atoms with E-state index in [2.05, 4.69) is 76.2 Å². The third kappa shape index (κ3) is 7.13. The monoisotopic (exact) mass is 422 g/mol. The topological polar surface area (TPSA) is 67.1 Å². The molecule has 6 nitrogen and oxygen atoms in total. The summed E-state index contributed by atoms with van der Waals surface area (Å²) >= 11 is 3.40. The molecule has 0 amide bonds. The highest BCUT2D eigenvalue weighted by Crippen LogP contribution is 2.18. The lowest BCUT2D eigenvalue weighted by molar-refractivity contribution is 0.477. The third-order valence-electron chi connectivity index (χ3n) is 4.37. The molecule has 156 valence electrons. The molecule has 0 aliphatic carbocycles. The van der Waals surface area contributed by atoms with Crippen LogP contribution in [0.5, 0.6) is 0 Å². The van der Waals surface area contributed by atoms with E-state index in [9.17, 15) is 0 Å². The molecule has 0 saturated carbocycles. The maximum Gasteiger partial charge on any atom is 0.191 e. The van der Waals surface area contributed by atoms with Gasteiger partial charge in [-0.2, -0.15) is 11.3 Å². The molecule has 0 aromatic carbocycles. The van der Waals surface area contributed by atoms with Gasteiger partial charge in [-0.3, -0.25) is 4.99 Å². The van der Waals surface area contributed by atoms with E-state index in [4.69, 9.17) is 4.99 Å². The Kier molecular flexibility index (Phi) is 9.84. The minimum atomic E-state index is 0.432. The number of hydrogen-bond acceptors (Lipinski definition) is 5. The van der Waals surface area contributed by atoms with Gasteiger partial charge in [-0.15, -0.1) is 10.2 Å². The molecular formula is C20H34N6S2. The fourth-order valence-electron chi connectivity index (χ4n) is 2.89. The van der Waals surface area contributed by atoms with Gasteiger partial charge in [0, 0.05) is 38.5 Å². The number of guanidine groups is 1. The van der Waals surface area contributed by atoms with Crippen LogP contribution in [0.25, 0.3) is 0 Å². The van der Waals surface area contributed by atoms with Gasteiger partial charge in [-0.25, -0.2) is 0 Å². The fourth-order valence-corrected chi connectivity index (χ4v) is 4.19.